The molecule has 4 aliphatic carbocycles. The van der Waals surface area contributed by atoms with E-state index in [0.717, 1.165) is 0 Å². The largest absolute Gasteiger partial charge is 0.280 e. The summed E-state index contributed by atoms with van der Waals surface area (Å²) in [6.07, 6.45) is 42.4. The lowest BCUT2D eigenvalue weighted by molar-refractivity contribution is -0.401. The van der Waals surface area contributed by atoms with Crippen molar-refractivity contribution in [2.24, 2.45) is 23.7 Å². The van der Waals surface area contributed by atoms with Crippen LogP contribution >= 0.6 is 0 Å². The van der Waals surface area contributed by atoms with E-state index in [1.807, 2.05) is 0 Å². The number of fused-ring (bicyclic) bond motifs is 16. The summed E-state index contributed by atoms with van der Waals surface area (Å²) in [4.78, 5) is 7.69. The second-order valence-electron chi connectivity index (χ2n) is 30.7. The van der Waals surface area contributed by atoms with Crippen molar-refractivity contribution in [2.75, 3.05) is 0 Å². The molecule has 1 spiro atoms. The summed E-state index contributed by atoms with van der Waals surface area (Å²) in [7, 11) is 0. The average Bonchev–Trinajstić information content (AvgIpc) is 1.51. The maximum atomic E-state index is 3.84. The third-order valence-corrected chi connectivity index (χ3v) is 24.8. The minimum atomic E-state index is -0.548. The van der Waals surface area contributed by atoms with Crippen molar-refractivity contribution >= 4 is 0 Å². The number of benzene rings is 6. The third-order valence-electron chi connectivity index (χ3n) is 24.8. The molecule has 0 fully saturated rings. The molecule has 0 saturated carbocycles. The van der Waals surface area contributed by atoms with E-state index in [1.165, 1.54) is 282 Å². The quantitative estimate of drug-likeness (QED) is 0.0350. The van der Waals surface area contributed by atoms with Crippen molar-refractivity contribution in [3.63, 3.8) is 0 Å². The van der Waals surface area contributed by atoms with Gasteiger partial charge in [-0.05, 0) is 212 Å². The van der Waals surface area contributed by atoms with E-state index < -0.39 is 5.41 Å². The standard InChI is InChI=1S/C93H118N2/c1-11-21-27-29-37-69-41-47-75-77-49-43-71(57-85(77)91(83(75)55-69,61-65(17-7)33-23-13-3)62-66(18-8)34-24-14-4)73-45-51-79-80-52-46-74(60-88(80)93(87(79)59-73)81-39-31-53-94-89(81)90-82(93)40-32-54-95-90)72-44-50-78-76-48-42-70(38-30-28-22-12-2)56-84(76)92(86(78)58-72,63-67(19-9)35-25-15-5)64-68(20-10)36-26-16-6/h31-32,39-60,65-68H,11-30,33-38,61-64H2,1-10H3/p+2. The minimum absolute atomic E-state index is 0.0428. The smallest absolute Gasteiger partial charge is 0.206 e. The van der Waals surface area contributed by atoms with Crippen LogP contribution in [0.1, 0.15) is 305 Å². The van der Waals surface area contributed by atoms with Gasteiger partial charge >= 0.3 is 0 Å². The van der Waals surface area contributed by atoms with Crippen molar-refractivity contribution in [1.29, 1.82) is 0 Å². The molecule has 0 amide bonds. The first-order valence-corrected chi connectivity index (χ1v) is 39.5. The molecule has 2 N–H and O–H groups in total. The molecule has 2 heterocycles. The molecule has 2 aromatic heterocycles. The van der Waals surface area contributed by atoms with Crippen LogP contribution < -0.4 is 9.97 Å². The molecular formula is C93H120N2+2. The van der Waals surface area contributed by atoms with Crippen molar-refractivity contribution in [2.45, 2.75) is 278 Å². The van der Waals surface area contributed by atoms with Crippen LogP contribution in [0.2, 0.25) is 0 Å². The monoisotopic (exact) mass is 1260 g/mol. The fourth-order valence-corrected chi connectivity index (χ4v) is 19.4. The highest BCUT2D eigenvalue weighted by molar-refractivity contribution is 5.95. The highest BCUT2D eigenvalue weighted by atomic mass is 14.8. The molecule has 0 aliphatic heterocycles. The Bertz CT molecular complexity index is 3600. The molecular weight excluding hydrogens is 1150 g/mol. The Morgan fingerprint density at radius 2 is 0.579 bits per heavy atom. The zero-order valence-electron chi connectivity index (χ0n) is 60.9. The van der Waals surface area contributed by atoms with E-state index in [1.54, 1.807) is 33.4 Å². The number of nitrogens with one attached hydrogen (secondary N) is 2. The fraction of sp³-hybridized carbons (Fsp3) is 0.505. The summed E-state index contributed by atoms with van der Waals surface area (Å²) in [6.45, 7) is 24.2. The molecule has 2 heteroatoms. The normalized spacial score (nSPS) is 17.8. The van der Waals surface area contributed by atoms with Gasteiger partial charge < -0.3 is 0 Å². The van der Waals surface area contributed by atoms with E-state index in [2.05, 4.69) is 225 Å². The topological polar surface area (TPSA) is 28.3 Å². The Hall–Kier alpha value is -6.38. The molecule has 2 nitrogen and oxygen atoms in total. The summed E-state index contributed by atoms with van der Waals surface area (Å²) in [5.74, 6) is 2.71. The molecule has 0 radical (unpaired) electrons. The molecule has 500 valence electrons. The predicted molar refractivity (Wildman–Crippen MR) is 407 cm³/mol. The summed E-state index contributed by atoms with van der Waals surface area (Å²) in [5, 5.41) is 0. The Kier molecular flexibility index (Phi) is 22.4. The molecule has 0 saturated heterocycles. The van der Waals surface area contributed by atoms with Gasteiger partial charge in [0.25, 0.3) is 11.4 Å². The predicted octanol–water partition coefficient (Wildman–Crippen LogP) is 26.2. The van der Waals surface area contributed by atoms with E-state index >= 15 is 0 Å². The first-order chi connectivity index (χ1) is 46.6. The van der Waals surface area contributed by atoms with Crippen LogP contribution in [-0.2, 0) is 29.1 Å². The zero-order valence-corrected chi connectivity index (χ0v) is 60.9. The lowest BCUT2D eigenvalue weighted by atomic mass is 9.64. The van der Waals surface area contributed by atoms with E-state index in [9.17, 15) is 0 Å². The number of hydrogen-bond acceptors (Lipinski definition) is 0. The number of aryl methyl sites for hydroxylation is 2. The highest BCUT2D eigenvalue weighted by Gasteiger charge is 2.57. The minimum Gasteiger partial charge on any atom is -0.206 e. The van der Waals surface area contributed by atoms with Gasteiger partial charge in [-0.3, -0.25) is 0 Å². The number of H-pyrrole nitrogens is 2. The SMILES string of the molecule is CCCCCCc1ccc2c(c1)C(CC(CC)CCCC)(CC(CC)CCCC)c1cc(-c3ccc4c(c3)C3(c5cc(-c6ccc7c(c6)C(CC(CC)CCCC)(CC(CC)CCCC)c6cc(CCCCCC)ccc6-7)ccc5-4)c4ccc[nH+]c4-c4[nH+]cccc43)ccc1-2. The second-order valence-corrected chi connectivity index (χ2v) is 30.7. The van der Waals surface area contributed by atoms with Gasteiger partial charge in [-0.2, -0.15) is 0 Å². The van der Waals surface area contributed by atoms with Crippen LogP contribution in [0.5, 0.6) is 0 Å². The molecule has 0 bridgehead atoms. The number of pyridine rings is 2. The molecule has 4 aliphatic rings. The Labute approximate surface area is 576 Å². The Morgan fingerprint density at radius 3 is 0.895 bits per heavy atom. The summed E-state index contributed by atoms with van der Waals surface area (Å²) >= 11 is 0. The lowest BCUT2D eigenvalue weighted by Crippen LogP contribution is -2.31. The number of hydrogen-bond donors (Lipinski definition) is 0. The first-order valence-electron chi connectivity index (χ1n) is 39.5. The first kappa shape index (κ1) is 68.6. The van der Waals surface area contributed by atoms with Crippen molar-refractivity contribution in [1.82, 2.24) is 0 Å². The van der Waals surface area contributed by atoms with Gasteiger partial charge in [0.15, 0.2) is 12.4 Å². The van der Waals surface area contributed by atoms with E-state index in [-0.39, 0.29) is 10.8 Å². The van der Waals surface area contributed by atoms with Crippen molar-refractivity contribution in [3.8, 4) is 67.0 Å². The zero-order chi connectivity index (χ0) is 66.1. The van der Waals surface area contributed by atoms with Crippen LogP contribution in [0, 0.1) is 23.7 Å². The molecule has 4 atom stereocenters. The van der Waals surface area contributed by atoms with Gasteiger partial charge in [-0.25, -0.2) is 9.97 Å². The molecule has 8 aromatic rings. The van der Waals surface area contributed by atoms with Crippen LogP contribution in [0.4, 0.5) is 0 Å². The number of rotatable bonds is 36. The molecule has 95 heavy (non-hydrogen) atoms. The average molecular weight is 1270 g/mol. The number of aromatic amines is 2. The van der Waals surface area contributed by atoms with Crippen molar-refractivity contribution in [3.05, 3.63) is 201 Å². The van der Waals surface area contributed by atoms with E-state index in [0.29, 0.717) is 23.7 Å². The van der Waals surface area contributed by atoms with Gasteiger partial charge in [0.2, 0.25) is 0 Å². The van der Waals surface area contributed by atoms with Gasteiger partial charge in [-0.1, -0.05) is 295 Å². The maximum Gasteiger partial charge on any atom is 0.280 e. The van der Waals surface area contributed by atoms with Crippen molar-refractivity contribution < 1.29 is 9.97 Å². The Morgan fingerprint density at radius 1 is 0.284 bits per heavy atom. The van der Waals surface area contributed by atoms with Crippen LogP contribution in [0.15, 0.2) is 146 Å². The van der Waals surface area contributed by atoms with Gasteiger partial charge in [0, 0.05) is 23.0 Å². The summed E-state index contributed by atoms with van der Waals surface area (Å²) in [6, 6.07) is 56.0. The van der Waals surface area contributed by atoms with Crippen LogP contribution in [0.3, 0.4) is 0 Å². The highest BCUT2D eigenvalue weighted by Crippen LogP contribution is 2.64. The summed E-state index contributed by atoms with van der Waals surface area (Å²) < 4.78 is 0. The second kappa shape index (κ2) is 31.0. The third kappa shape index (κ3) is 13.1. The number of unbranched alkanes of at least 4 members (excludes halogenated alkanes) is 10. The maximum absolute atomic E-state index is 3.84. The van der Waals surface area contributed by atoms with E-state index in [4.69, 9.17) is 0 Å². The van der Waals surface area contributed by atoms with Gasteiger partial charge in [0.1, 0.15) is 0 Å². The molecule has 12 rings (SSSR count). The molecule has 4 unspecified atom stereocenters. The Balaban J connectivity index is 1.02. The fourth-order valence-electron chi connectivity index (χ4n) is 19.4. The number of aromatic nitrogens is 2. The molecule has 6 aromatic carbocycles. The lowest BCUT2D eigenvalue weighted by Gasteiger charge is -2.39. The summed E-state index contributed by atoms with van der Waals surface area (Å²) in [5.41, 5.74) is 30.8. The van der Waals surface area contributed by atoms with Gasteiger partial charge in [0.05, 0.1) is 16.5 Å². The van der Waals surface area contributed by atoms with Crippen LogP contribution in [-0.4, -0.2) is 0 Å². The van der Waals surface area contributed by atoms with Gasteiger partial charge in [-0.15, -0.1) is 0 Å². The van der Waals surface area contributed by atoms with Crippen LogP contribution in [0.25, 0.3) is 67.0 Å².